The van der Waals surface area contributed by atoms with Crippen LogP contribution in [0, 0.1) is 23.7 Å². The summed E-state index contributed by atoms with van der Waals surface area (Å²) in [7, 11) is 1.66. The van der Waals surface area contributed by atoms with E-state index in [0.717, 1.165) is 6.42 Å². The fourth-order valence-electron chi connectivity index (χ4n) is 3.59. The minimum atomic E-state index is -0.217. The van der Waals surface area contributed by atoms with Crippen LogP contribution in [0.1, 0.15) is 53.9 Å². The van der Waals surface area contributed by atoms with E-state index in [1.807, 2.05) is 19.9 Å². The summed E-state index contributed by atoms with van der Waals surface area (Å²) >= 11 is 0. The Morgan fingerprint density at radius 1 is 1.30 bits per heavy atom. The first-order valence-corrected chi connectivity index (χ1v) is 8.86. The van der Waals surface area contributed by atoms with Gasteiger partial charge in [0.1, 0.15) is 6.79 Å². The molecule has 0 aromatic heterocycles. The molecule has 1 rings (SSSR count). The van der Waals surface area contributed by atoms with Crippen LogP contribution in [0.2, 0.25) is 0 Å². The summed E-state index contributed by atoms with van der Waals surface area (Å²) in [6.07, 6.45) is 5.47. The van der Waals surface area contributed by atoms with E-state index in [4.69, 9.17) is 14.2 Å². The van der Waals surface area contributed by atoms with Crippen molar-refractivity contribution >= 4 is 5.97 Å². The van der Waals surface area contributed by atoms with Crippen molar-refractivity contribution in [2.24, 2.45) is 23.7 Å². The molecule has 0 spiro atoms. The summed E-state index contributed by atoms with van der Waals surface area (Å²) in [6, 6.07) is 0. The molecule has 1 fully saturated rings. The van der Waals surface area contributed by atoms with E-state index in [1.165, 1.54) is 12.8 Å². The molecule has 0 bridgehead atoms. The van der Waals surface area contributed by atoms with Gasteiger partial charge in [0.25, 0.3) is 0 Å². The highest BCUT2D eigenvalue weighted by Crippen LogP contribution is 2.41. The van der Waals surface area contributed by atoms with Gasteiger partial charge in [0, 0.05) is 12.7 Å². The van der Waals surface area contributed by atoms with Gasteiger partial charge < -0.3 is 14.2 Å². The SMILES string of the molecule is CCOC(=O)/C(C)=C\C[C@@H]1[C@H](OCOC)[C@H](C(C)C)CC[C@H]1C. The Kier molecular flexibility index (Phi) is 8.85. The van der Waals surface area contributed by atoms with Crippen LogP contribution >= 0.6 is 0 Å². The highest BCUT2D eigenvalue weighted by Gasteiger charge is 2.39. The quantitative estimate of drug-likeness (QED) is 0.381. The summed E-state index contributed by atoms with van der Waals surface area (Å²) in [5, 5.41) is 0. The Hall–Kier alpha value is -0.870. The number of allylic oxidation sites excluding steroid dienone is 1. The van der Waals surface area contributed by atoms with E-state index < -0.39 is 0 Å². The fourth-order valence-corrected chi connectivity index (χ4v) is 3.59. The molecule has 1 saturated carbocycles. The summed E-state index contributed by atoms with van der Waals surface area (Å²) in [5.41, 5.74) is 0.691. The zero-order valence-corrected chi connectivity index (χ0v) is 15.6. The molecule has 0 aromatic rings. The minimum Gasteiger partial charge on any atom is -0.463 e. The van der Waals surface area contributed by atoms with Gasteiger partial charge in [0.15, 0.2) is 0 Å². The van der Waals surface area contributed by atoms with E-state index in [9.17, 15) is 4.79 Å². The summed E-state index contributed by atoms with van der Waals surface area (Å²) in [5.74, 6) is 1.91. The molecular weight excluding hydrogens is 292 g/mol. The molecule has 1 aliphatic carbocycles. The van der Waals surface area contributed by atoms with E-state index >= 15 is 0 Å². The Labute approximate surface area is 141 Å². The van der Waals surface area contributed by atoms with Crippen LogP contribution in [0.5, 0.6) is 0 Å². The largest absolute Gasteiger partial charge is 0.463 e. The predicted octanol–water partition coefficient (Wildman–Crippen LogP) is 4.19. The third-order valence-electron chi connectivity index (χ3n) is 5.06. The molecule has 0 unspecified atom stereocenters. The van der Waals surface area contributed by atoms with Gasteiger partial charge in [-0.15, -0.1) is 0 Å². The van der Waals surface area contributed by atoms with E-state index in [0.29, 0.717) is 42.6 Å². The van der Waals surface area contributed by atoms with E-state index in [-0.39, 0.29) is 12.1 Å². The standard InChI is InChI=1S/C19H34O4/c1-7-22-19(20)15(5)9-11-17-14(4)8-10-16(13(2)3)18(17)23-12-21-6/h9,13-14,16-18H,7-8,10-12H2,1-6H3/b15-9-/t14-,16+,17+,18-/m1/s1. The maximum Gasteiger partial charge on any atom is 0.333 e. The maximum absolute atomic E-state index is 11.8. The molecule has 0 amide bonds. The lowest BCUT2D eigenvalue weighted by Gasteiger charge is -2.43. The van der Waals surface area contributed by atoms with Crippen LogP contribution in [-0.4, -0.2) is 32.6 Å². The molecule has 0 aliphatic heterocycles. The number of esters is 1. The number of hydrogen-bond acceptors (Lipinski definition) is 4. The highest BCUT2D eigenvalue weighted by molar-refractivity contribution is 5.87. The topological polar surface area (TPSA) is 44.8 Å². The molecule has 0 aromatic carbocycles. The predicted molar refractivity (Wildman–Crippen MR) is 92.0 cm³/mol. The molecule has 4 nitrogen and oxygen atoms in total. The second-order valence-corrected chi connectivity index (χ2v) is 7.01. The van der Waals surface area contributed by atoms with Crippen molar-refractivity contribution in [1.29, 1.82) is 0 Å². The zero-order chi connectivity index (χ0) is 17.4. The average molecular weight is 326 g/mol. The summed E-state index contributed by atoms with van der Waals surface area (Å²) in [4.78, 5) is 11.8. The van der Waals surface area contributed by atoms with Crippen molar-refractivity contribution in [3.8, 4) is 0 Å². The Morgan fingerprint density at radius 3 is 2.57 bits per heavy atom. The monoisotopic (exact) mass is 326 g/mol. The smallest absolute Gasteiger partial charge is 0.333 e. The highest BCUT2D eigenvalue weighted by atomic mass is 16.7. The number of methoxy groups -OCH3 is 1. The molecule has 0 radical (unpaired) electrons. The second kappa shape index (κ2) is 10.1. The minimum absolute atomic E-state index is 0.185. The average Bonchev–Trinajstić information content (AvgIpc) is 2.51. The first kappa shape index (κ1) is 20.2. The maximum atomic E-state index is 11.8. The molecule has 134 valence electrons. The van der Waals surface area contributed by atoms with E-state index in [1.54, 1.807) is 7.11 Å². The summed E-state index contributed by atoms with van der Waals surface area (Å²) < 4.78 is 16.3. The third kappa shape index (κ3) is 5.92. The molecule has 0 heterocycles. The number of carbonyl (C=O) groups excluding carboxylic acids is 1. The normalized spacial score (nSPS) is 28.9. The van der Waals surface area contributed by atoms with Gasteiger partial charge in [-0.2, -0.15) is 0 Å². The van der Waals surface area contributed by atoms with E-state index in [2.05, 4.69) is 20.8 Å². The van der Waals surface area contributed by atoms with Gasteiger partial charge in [0.2, 0.25) is 0 Å². The number of ether oxygens (including phenoxy) is 3. The Bertz CT molecular complexity index is 389. The molecule has 0 N–H and O–H groups in total. The number of hydrogen-bond donors (Lipinski definition) is 0. The van der Waals surface area contributed by atoms with Gasteiger partial charge in [-0.25, -0.2) is 4.79 Å². The molecular formula is C19H34O4. The van der Waals surface area contributed by atoms with Crippen LogP contribution in [0.15, 0.2) is 11.6 Å². The first-order valence-electron chi connectivity index (χ1n) is 8.86. The molecule has 4 atom stereocenters. The van der Waals surface area contributed by atoms with Crippen LogP contribution in [0.4, 0.5) is 0 Å². The second-order valence-electron chi connectivity index (χ2n) is 7.01. The van der Waals surface area contributed by atoms with Crippen molar-refractivity contribution in [1.82, 2.24) is 0 Å². The van der Waals surface area contributed by atoms with Crippen molar-refractivity contribution < 1.29 is 19.0 Å². The summed E-state index contributed by atoms with van der Waals surface area (Å²) in [6.45, 7) is 11.2. The lowest BCUT2D eigenvalue weighted by atomic mass is 9.68. The lowest BCUT2D eigenvalue weighted by molar-refractivity contribution is -0.141. The van der Waals surface area contributed by atoms with Gasteiger partial charge in [-0.3, -0.25) is 0 Å². The van der Waals surface area contributed by atoms with Gasteiger partial charge in [-0.05, 0) is 56.8 Å². The molecule has 0 saturated heterocycles. The van der Waals surface area contributed by atoms with Gasteiger partial charge in [0.05, 0.1) is 12.7 Å². The third-order valence-corrected chi connectivity index (χ3v) is 5.06. The van der Waals surface area contributed by atoms with Crippen molar-refractivity contribution in [2.75, 3.05) is 20.5 Å². The van der Waals surface area contributed by atoms with Crippen LogP contribution in [0.3, 0.4) is 0 Å². The van der Waals surface area contributed by atoms with Crippen LogP contribution in [-0.2, 0) is 19.0 Å². The Morgan fingerprint density at radius 2 is 2.00 bits per heavy atom. The van der Waals surface area contributed by atoms with Crippen molar-refractivity contribution in [2.45, 2.75) is 60.0 Å². The number of carbonyl (C=O) groups is 1. The lowest BCUT2D eigenvalue weighted by Crippen LogP contribution is -2.42. The van der Waals surface area contributed by atoms with Crippen LogP contribution < -0.4 is 0 Å². The van der Waals surface area contributed by atoms with Gasteiger partial charge >= 0.3 is 5.97 Å². The number of rotatable bonds is 8. The zero-order valence-electron chi connectivity index (χ0n) is 15.6. The first-order chi connectivity index (χ1) is 10.9. The Balaban J connectivity index is 2.83. The van der Waals surface area contributed by atoms with Crippen molar-refractivity contribution in [3.63, 3.8) is 0 Å². The molecule has 1 aliphatic rings. The molecule has 4 heteroatoms. The van der Waals surface area contributed by atoms with Gasteiger partial charge in [-0.1, -0.05) is 26.8 Å². The van der Waals surface area contributed by atoms with Crippen LogP contribution in [0.25, 0.3) is 0 Å². The fraction of sp³-hybridized carbons (Fsp3) is 0.842. The van der Waals surface area contributed by atoms with Crippen molar-refractivity contribution in [3.05, 3.63) is 11.6 Å². The molecule has 23 heavy (non-hydrogen) atoms.